The average Bonchev–Trinajstić information content (AvgIpc) is 2.42. The molecule has 0 aliphatic heterocycles. The number of nitro groups is 1. The van der Waals surface area contributed by atoms with Gasteiger partial charge in [-0.25, -0.2) is 15.2 Å². The monoisotopic (exact) mass is 282 g/mol. The van der Waals surface area contributed by atoms with Crippen LogP contribution in [0, 0.1) is 21.7 Å². The van der Waals surface area contributed by atoms with E-state index in [1.807, 2.05) is 0 Å². The third-order valence-electron chi connectivity index (χ3n) is 2.31. The number of nitro benzene ring substituents is 1. The number of nitrogens with two attached hydrogens (primary N) is 1. The van der Waals surface area contributed by atoms with E-state index in [0.717, 1.165) is 0 Å². The Hall–Kier alpha value is -2.81. The summed E-state index contributed by atoms with van der Waals surface area (Å²) >= 11 is 0. The van der Waals surface area contributed by atoms with Gasteiger partial charge in [-0.1, -0.05) is 0 Å². The summed E-state index contributed by atoms with van der Waals surface area (Å²) in [6.07, 6.45) is 1.34. The van der Waals surface area contributed by atoms with Crippen LogP contribution >= 0.6 is 0 Å². The van der Waals surface area contributed by atoms with Gasteiger partial charge in [0.25, 0.3) is 0 Å². The maximum atomic E-state index is 13.6. The Morgan fingerprint density at radius 1 is 1.30 bits per heavy atom. The van der Waals surface area contributed by atoms with Gasteiger partial charge in [0.1, 0.15) is 11.6 Å². The Morgan fingerprint density at radius 2 is 2.05 bits per heavy atom. The van der Waals surface area contributed by atoms with Gasteiger partial charge in [-0.15, -0.1) is 0 Å². The van der Waals surface area contributed by atoms with Gasteiger partial charge in [0.15, 0.2) is 11.6 Å². The number of hydrogen-bond donors (Lipinski definition) is 2. The molecule has 0 fully saturated rings. The number of rotatable bonds is 4. The summed E-state index contributed by atoms with van der Waals surface area (Å²) in [5.41, 5.74) is 1.29. The highest BCUT2D eigenvalue weighted by Gasteiger charge is 2.19. The van der Waals surface area contributed by atoms with Crippen LogP contribution in [0.2, 0.25) is 0 Å². The molecule has 0 amide bonds. The zero-order valence-electron chi connectivity index (χ0n) is 9.84. The molecule has 1 aromatic heterocycles. The van der Waals surface area contributed by atoms with E-state index < -0.39 is 28.0 Å². The molecule has 9 heteroatoms. The zero-order chi connectivity index (χ0) is 14.7. The molecule has 0 aliphatic carbocycles. The average molecular weight is 282 g/mol. The van der Waals surface area contributed by atoms with Gasteiger partial charge in [0.05, 0.1) is 11.0 Å². The summed E-state index contributed by atoms with van der Waals surface area (Å²) < 4.78 is 32.1. The Balaban J connectivity index is 2.34. The lowest BCUT2D eigenvalue weighted by molar-refractivity contribution is -0.387. The molecular weight excluding hydrogens is 274 g/mol. The molecule has 0 aliphatic rings. The van der Waals surface area contributed by atoms with Crippen molar-refractivity contribution in [1.82, 2.24) is 4.98 Å². The topological polar surface area (TPSA) is 103 Å². The predicted octanol–water partition coefficient (Wildman–Crippen LogP) is 2.35. The number of pyridine rings is 1. The van der Waals surface area contributed by atoms with Crippen LogP contribution in [0.1, 0.15) is 0 Å². The van der Waals surface area contributed by atoms with Crippen LogP contribution in [0.25, 0.3) is 0 Å². The second-order valence-electron chi connectivity index (χ2n) is 3.61. The number of ether oxygens (including phenoxy) is 1. The van der Waals surface area contributed by atoms with Crippen LogP contribution in [-0.2, 0) is 0 Å². The van der Waals surface area contributed by atoms with Crippen molar-refractivity contribution in [2.75, 3.05) is 5.43 Å². The molecule has 0 saturated carbocycles. The Kier molecular flexibility index (Phi) is 3.71. The van der Waals surface area contributed by atoms with E-state index in [2.05, 4.69) is 10.4 Å². The van der Waals surface area contributed by atoms with Crippen LogP contribution < -0.4 is 16.0 Å². The summed E-state index contributed by atoms with van der Waals surface area (Å²) in [5.74, 6) is 2.80. The van der Waals surface area contributed by atoms with Crippen molar-refractivity contribution in [3.63, 3.8) is 0 Å². The number of nitrogens with one attached hydrogen (secondary N) is 1. The molecule has 1 heterocycles. The highest BCUT2D eigenvalue weighted by atomic mass is 19.1. The number of nitrogen functional groups attached to an aromatic ring is 1. The van der Waals surface area contributed by atoms with Crippen molar-refractivity contribution < 1.29 is 18.4 Å². The second kappa shape index (κ2) is 5.45. The fourth-order valence-corrected chi connectivity index (χ4v) is 1.42. The SMILES string of the molecule is NNc1cc(Oc2cc(F)c([N+](=O)[O-])cc2F)ccn1. The molecule has 0 bridgehead atoms. The smallest absolute Gasteiger partial charge is 0.307 e. The number of anilines is 1. The molecule has 0 atom stereocenters. The van der Waals surface area contributed by atoms with Gasteiger partial charge in [0, 0.05) is 18.3 Å². The highest BCUT2D eigenvalue weighted by molar-refractivity contribution is 5.44. The number of nitrogens with zero attached hydrogens (tertiary/aromatic N) is 2. The molecule has 0 spiro atoms. The second-order valence-corrected chi connectivity index (χ2v) is 3.61. The minimum Gasteiger partial charge on any atom is -0.454 e. The first kappa shape index (κ1) is 13.6. The lowest BCUT2D eigenvalue weighted by Gasteiger charge is -2.08. The summed E-state index contributed by atoms with van der Waals surface area (Å²) in [4.78, 5) is 13.2. The van der Waals surface area contributed by atoms with Gasteiger partial charge in [-0.2, -0.15) is 4.39 Å². The zero-order valence-corrected chi connectivity index (χ0v) is 9.84. The van der Waals surface area contributed by atoms with Gasteiger partial charge >= 0.3 is 5.69 Å². The largest absolute Gasteiger partial charge is 0.454 e. The van der Waals surface area contributed by atoms with E-state index in [0.29, 0.717) is 12.1 Å². The molecule has 104 valence electrons. The first-order chi connectivity index (χ1) is 9.51. The summed E-state index contributed by atoms with van der Waals surface area (Å²) in [5, 5.41) is 10.5. The van der Waals surface area contributed by atoms with Crippen molar-refractivity contribution in [3.05, 3.63) is 52.2 Å². The standard InChI is InChI=1S/C11H8F2N4O3/c12-7-5-10(8(13)4-9(7)17(18)19)20-6-1-2-15-11(3-6)16-14/h1-5H,14H2,(H,15,16). The molecule has 1 aromatic carbocycles. The summed E-state index contributed by atoms with van der Waals surface area (Å²) in [6, 6.07) is 3.79. The third kappa shape index (κ3) is 2.78. The lowest BCUT2D eigenvalue weighted by atomic mass is 10.2. The predicted molar refractivity (Wildman–Crippen MR) is 65.1 cm³/mol. The molecular formula is C11H8F2N4O3. The van der Waals surface area contributed by atoms with Crippen molar-refractivity contribution >= 4 is 11.5 Å². The van der Waals surface area contributed by atoms with E-state index in [1.165, 1.54) is 18.3 Å². The van der Waals surface area contributed by atoms with E-state index in [4.69, 9.17) is 10.6 Å². The minimum atomic E-state index is -1.20. The normalized spacial score (nSPS) is 10.2. The summed E-state index contributed by atoms with van der Waals surface area (Å²) in [6.45, 7) is 0. The Morgan fingerprint density at radius 3 is 2.70 bits per heavy atom. The first-order valence-electron chi connectivity index (χ1n) is 5.25. The van der Waals surface area contributed by atoms with Crippen LogP contribution in [-0.4, -0.2) is 9.91 Å². The van der Waals surface area contributed by atoms with Crippen LogP contribution in [0.5, 0.6) is 11.5 Å². The van der Waals surface area contributed by atoms with Crippen LogP contribution in [0.4, 0.5) is 20.3 Å². The maximum Gasteiger partial charge on any atom is 0.307 e. The third-order valence-corrected chi connectivity index (χ3v) is 2.31. The molecule has 2 rings (SSSR count). The van der Waals surface area contributed by atoms with E-state index >= 15 is 0 Å². The molecule has 0 saturated heterocycles. The minimum absolute atomic E-state index is 0.139. The van der Waals surface area contributed by atoms with Gasteiger partial charge in [0.2, 0.25) is 5.82 Å². The van der Waals surface area contributed by atoms with Crippen LogP contribution in [0.15, 0.2) is 30.5 Å². The number of aromatic nitrogens is 1. The molecule has 20 heavy (non-hydrogen) atoms. The Labute approximate surface area is 111 Å². The number of halogens is 2. The first-order valence-corrected chi connectivity index (χ1v) is 5.25. The van der Waals surface area contributed by atoms with E-state index in [9.17, 15) is 18.9 Å². The van der Waals surface area contributed by atoms with Gasteiger partial charge in [-0.05, 0) is 6.07 Å². The van der Waals surface area contributed by atoms with Crippen molar-refractivity contribution in [1.29, 1.82) is 0 Å². The fraction of sp³-hybridized carbons (Fsp3) is 0. The highest BCUT2D eigenvalue weighted by Crippen LogP contribution is 2.30. The molecule has 7 nitrogen and oxygen atoms in total. The molecule has 2 aromatic rings. The van der Waals surface area contributed by atoms with Crippen molar-refractivity contribution in [2.24, 2.45) is 5.84 Å². The Bertz CT molecular complexity index is 666. The van der Waals surface area contributed by atoms with Crippen molar-refractivity contribution in [2.45, 2.75) is 0 Å². The van der Waals surface area contributed by atoms with E-state index in [1.54, 1.807) is 0 Å². The van der Waals surface area contributed by atoms with Crippen LogP contribution in [0.3, 0.4) is 0 Å². The van der Waals surface area contributed by atoms with Gasteiger partial charge < -0.3 is 10.2 Å². The summed E-state index contributed by atoms with van der Waals surface area (Å²) in [7, 11) is 0. The number of hydrazine groups is 1. The fourth-order valence-electron chi connectivity index (χ4n) is 1.42. The molecule has 0 unspecified atom stereocenters. The number of hydrogen-bond acceptors (Lipinski definition) is 6. The maximum absolute atomic E-state index is 13.6. The van der Waals surface area contributed by atoms with Gasteiger partial charge in [-0.3, -0.25) is 10.1 Å². The quantitative estimate of drug-likeness (QED) is 0.507. The van der Waals surface area contributed by atoms with E-state index in [-0.39, 0.29) is 11.6 Å². The van der Waals surface area contributed by atoms with Crippen molar-refractivity contribution in [3.8, 4) is 11.5 Å². The number of benzene rings is 1. The lowest BCUT2D eigenvalue weighted by Crippen LogP contribution is -2.08. The molecule has 3 N–H and O–H groups in total. The molecule has 0 radical (unpaired) electrons.